The van der Waals surface area contributed by atoms with E-state index in [2.05, 4.69) is 5.11 Å². The average molecular weight is 149 g/mol. The fourth-order valence-corrected chi connectivity index (χ4v) is 0.728. The molecule has 0 saturated heterocycles. The molecule has 0 bridgehead atoms. The maximum Gasteiger partial charge on any atom is 0.328 e. The van der Waals surface area contributed by atoms with E-state index in [0.717, 1.165) is 5.56 Å². The molecule has 1 N–H and O–H groups in total. The Labute approximate surface area is 66.3 Å². The van der Waals surface area contributed by atoms with Gasteiger partial charge in [0.15, 0.2) is 0 Å². The van der Waals surface area contributed by atoms with Crippen molar-refractivity contribution in [2.45, 2.75) is 0 Å². The standard InChI is InChI=1S/C9H8O2/c10-9(11)7-6-8-4-2-1-3-5-8/h1-7H,(H,10,11)/b7-6-/i/hD. The zero-order valence-corrected chi connectivity index (χ0v) is 5.86. The van der Waals surface area contributed by atoms with Crippen molar-refractivity contribution in [2.24, 2.45) is 0 Å². The lowest BCUT2D eigenvalue weighted by molar-refractivity contribution is -0.131. The Balaban J connectivity index is 2.64. The molecule has 0 saturated carbocycles. The van der Waals surface area contributed by atoms with Crippen LogP contribution >= 0.6 is 0 Å². The molecule has 0 aliphatic heterocycles. The van der Waals surface area contributed by atoms with Crippen LogP contribution in [-0.4, -0.2) is 11.1 Å². The van der Waals surface area contributed by atoms with E-state index in [1.165, 1.54) is 6.08 Å². The molecule has 1 rings (SSSR count). The molecule has 0 aliphatic rings. The van der Waals surface area contributed by atoms with E-state index in [1.807, 2.05) is 30.3 Å². The summed E-state index contributed by atoms with van der Waals surface area (Å²) in [5.41, 5.74) is 0.905. The molecule has 2 nitrogen and oxygen atoms in total. The minimum atomic E-state index is -0.668. The van der Waals surface area contributed by atoms with Gasteiger partial charge in [0, 0.05) is 6.08 Å². The first kappa shape index (κ1) is 6.16. The van der Waals surface area contributed by atoms with Gasteiger partial charge in [0.25, 0.3) is 1.43 Å². The number of carbonyl (C=O) groups is 1. The van der Waals surface area contributed by atoms with Crippen molar-refractivity contribution >= 4 is 12.0 Å². The summed E-state index contributed by atoms with van der Waals surface area (Å²) >= 11 is 0. The molecular weight excluding hydrogens is 140 g/mol. The Bertz CT molecular complexity index is 280. The molecule has 0 spiro atoms. The van der Waals surface area contributed by atoms with Gasteiger partial charge in [-0.15, -0.1) is 0 Å². The Morgan fingerprint density at radius 3 is 2.82 bits per heavy atom. The monoisotopic (exact) mass is 149 g/mol. The van der Waals surface area contributed by atoms with Gasteiger partial charge in [0.1, 0.15) is 0 Å². The molecule has 1 aromatic rings. The van der Waals surface area contributed by atoms with E-state index in [-0.39, 0.29) is 0 Å². The summed E-state index contributed by atoms with van der Waals surface area (Å²) in [6, 6.07) is 9.33. The molecule has 11 heavy (non-hydrogen) atoms. The molecule has 0 unspecified atom stereocenters. The molecule has 0 fully saturated rings. The SMILES string of the molecule is [2H]OC(=O)/C=C\c1ccccc1. The summed E-state index contributed by atoms with van der Waals surface area (Å²) in [6.07, 6.45) is 2.80. The minimum Gasteiger partial charge on any atom is -0.478 e. The van der Waals surface area contributed by atoms with Crippen LogP contribution in [-0.2, 0) is 4.79 Å². The van der Waals surface area contributed by atoms with Gasteiger partial charge < -0.3 is 5.11 Å². The number of carboxylic acids is 1. The van der Waals surface area contributed by atoms with E-state index >= 15 is 0 Å². The highest BCUT2D eigenvalue weighted by atomic mass is 16.4. The molecule has 1 aromatic carbocycles. The van der Waals surface area contributed by atoms with Gasteiger partial charge in [-0.1, -0.05) is 30.3 Å². The topological polar surface area (TPSA) is 37.3 Å². The quantitative estimate of drug-likeness (QED) is 0.651. The van der Waals surface area contributed by atoms with E-state index in [1.54, 1.807) is 6.08 Å². The highest BCUT2D eigenvalue weighted by molar-refractivity contribution is 5.85. The van der Waals surface area contributed by atoms with E-state index in [0.29, 0.717) is 0 Å². The second-order valence-corrected chi connectivity index (χ2v) is 2.06. The summed E-state index contributed by atoms with van der Waals surface area (Å²) in [5, 5.41) is 3.70. The smallest absolute Gasteiger partial charge is 0.328 e. The largest absolute Gasteiger partial charge is 0.478 e. The van der Waals surface area contributed by atoms with Gasteiger partial charge in [-0.05, 0) is 11.6 Å². The Kier molecular flexibility index (Phi) is 1.99. The third kappa shape index (κ3) is 2.67. The molecule has 0 heterocycles. The third-order valence-electron chi connectivity index (χ3n) is 1.21. The maximum absolute atomic E-state index is 10.5. The molecule has 2 heteroatoms. The summed E-state index contributed by atoms with van der Waals surface area (Å²) in [7, 11) is 0. The van der Waals surface area contributed by atoms with Crippen LogP contribution < -0.4 is 0 Å². The maximum atomic E-state index is 10.5. The fourth-order valence-electron chi connectivity index (χ4n) is 0.728. The molecule has 0 amide bonds. The molecule has 0 aliphatic carbocycles. The lowest BCUT2D eigenvalue weighted by Gasteiger charge is -1.87. The predicted molar refractivity (Wildman–Crippen MR) is 43.1 cm³/mol. The summed E-state index contributed by atoms with van der Waals surface area (Å²) in [4.78, 5) is 10.5. The van der Waals surface area contributed by atoms with Crippen LogP contribution in [0.5, 0.6) is 0 Å². The van der Waals surface area contributed by atoms with Crippen LogP contribution in [0.1, 0.15) is 5.56 Å². The van der Waals surface area contributed by atoms with Crippen molar-refractivity contribution in [3.05, 3.63) is 42.0 Å². The Morgan fingerprint density at radius 1 is 1.45 bits per heavy atom. The number of hydrogen-bond donors (Lipinski definition) is 1. The summed E-state index contributed by atoms with van der Waals surface area (Å²) < 4.78 is 6.27. The first-order valence-electron chi connectivity index (χ1n) is 3.64. The molecule has 0 radical (unpaired) electrons. The van der Waals surface area contributed by atoms with Crippen LogP contribution in [0.2, 0.25) is 0 Å². The summed E-state index contributed by atoms with van der Waals surface area (Å²) in [6.45, 7) is 0. The van der Waals surface area contributed by atoms with Crippen molar-refractivity contribution in [3.63, 3.8) is 0 Å². The van der Waals surface area contributed by atoms with Crippen molar-refractivity contribution in [3.8, 4) is 0 Å². The lowest BCUT2D eigenvalue weighted by atomic mass is 10.2. The van der Waals surface area contributed by atoms with Gasteiger partial charge in [0.05, 0.1) is 0 Å². The van der Waals surface area contributed by atoms with E-state index < -0.39 is 5.97 Å². The lowest BCUT2D eigenvalue weighted by Crippen LogP contribution is -1.85. The van der Waals surface area contributed by atoms with Crippen LogP contribution in [0.25, 0.3) is 7.51 Å². The van der Waals surface area contributed by atoms with Gasteiger partial charge >= 0.3 is 5.97 Å². The number of aliphatic carboxylic acids is 1. The van der Waals surface area contributed by atoms with Crippen LogP contribution in [0.15, 0.2) is 36.4 Å². The van der Waals surface area contributed by atoms with Crippen molar-refractivity contribution in [1.29, 1.82) is 1.43 Å². The van der Waals surface area contributed by atoms with Gasteiger partial charge in [-0.25, -0.2) is 4.79 Å². The first-order valence-corrected chi connectivity index (χ1v) is 3.23. The van der Waals surface area contributed by atoms with Gasteiger partial charge in [-0.3, -0.25) is 0 Å². The molecular formula is C9H8O2. The molecule has 0 atom stereocenters. The number of rotatable bonds is 2. The second kappa shape index (κ2) is 3.56. The summed E-state index contributed by atoms with van der Waals surface area (Å²) in [5.74, 6) is -0.668. The zero-order valence-electron chi connectivity index (χ0n) is 6.86. The Morgan fingerprint density at radius 2 is 2.18 bits per heavy atom. The predicted octanol–water partition coefficient (Wildman–Crippen LogP) is 1.78. The highest BCUT2D eigenvalue weighted by Gasteiger charge is 1.85. The molecule has 0 aromatic heterocycles. The van der Waals surface area contributed by atoms with Crippen molar-refractivity contribution in [1.82, 2.24) is 0 Å². The first-order chi connectivity index (χ1) is 5.83. The second-order valence-electron chi connectivity index (χ2n) is 2.06. The van der Waals surface area contributed by atoms with Gasteiger partial charge in [-0.2, -0.15) is 0 Å². The average Bonchev–Trinajstić information content (AvgIpc) is 2.16. The van der Waals surface area contributed by atoms with Crippen molar-refractivity contribution in [2.75, 3.05) is 0 Å². The normalized spacial score (nSPS) is 11.1. The van der Waals surface area contributed by atoms with Gasteiger partial charge in [0.2, 0.25) is 0 Å². The highest BCUT2D eigenvalue weighted by Crippen LogP contribution is 1.99. The van der Waals surface area contributed by atoms with Crippen LogP contribution in [0, 0.1) is 0 Å². The van der Waals surface area contributed by atoms with Crippen molar-refractivity contribution < 1.29 is 9.90 Å². The number of benzene rings is 1. The molecule has 56 valence electrons. The third-order valence-corrected chi connectivity index (χ3v) is 1.21. The fraction of sp³-hybridized carbons (Fsp3) is 0. The number of hydrogen-bond acceptors (Lipinski definition) is 2. The minimum absolute atomic E-state index is 0.668. The Hall–Kier alpha value is -1.57. The number of carboxylic acid groups (broad SMARTS) is 1. The zero-order chi connectivity index (χ0) is 8.81. The van der Waals surface area contributed by atoms with E-state index in [9.17, 15) is 4.79 Å². The van der Waals surface area contributed by atoms with Crippen LogP contribution in [0.3, 0.4) is 0 Å². The van der Waals surface area contributed by atoms with Crippen LogP contribution in [0.4, 0.5) is 0 Å². The van der Waals surface area contributed by atoms with E-state index in [4.69, 9.17) is 1.43 Å².